The van der Waals surface area contributed by atoms with Crippen molar-refractivity contribution in [2.45, 2.75) is 26.8 Å². The molecule has 2 rings (SSSR count). The molecule has 0 aliphatic carbocycles. The highest BCUT2D eigenvalue weighted by Crippen LogP contribution is 2.14. The molecule has 0 atom stereocenters. The molecule has 0 spiro atoms. The van der Waals surface area contributed by atoms with E-state index in [-0.39, 0.29) is 0 Å². The van der Waals surface area contributed by atoms with Gasteiger partial charge in [0.05, 0.1) is 11.9 Å². The van der Waals surface area contributed by atoms with Crippen LogP contribution < -0.4 is 11.1 Å². The van der Waals surface area contributed by atoms with Gasteiger partial charge in [-0.25, -0.2) is 4.98 Å². The first kappa shape index (κ1) is 12.4. The van der Waals surface area contributed by atoms with Crippen molar-refractivity contribution in [1.29, 1.82) is 0 Å². The van der Waals surface area contributed by atoms with Gasteiger partial charge >= 0.3 is 0 Å². The van der Waals surface area contributed by atoms with Crippen LogP contribution in [0.2, 0.25) is 0 Å². The first-order valence-corrected chi connectivity index (χ1v) is 6.23. The second kappa shape index (κ2) is 5.54. The van der Waals surface area contributed by atoms with Crippen LogP contribution >= 0.6 is 0 Å². The van der Waals surface area contributed by atoms with Crippen LogP contribution in [0.4, 0.5) is 11.5 Å². The van der Waals surface area contributed by atoms with Gasteiger partial charge in [-0.2, -0.15) is 0 Å². The van der Waals surface area contributed by atoms with Crippen molar-refractivity contribution in [3.8, 4) is 0 Å². The largest absolute Gasteiger partial charge is 0.397 e. The molecule has 0 saturated heterocycles. The van der Waals surface area contributed by atoms with E-state index in [4.69, 9.17) is 5.73 Å². The highest BCUT2D eigenvalue weighted by molar-refractivity contribution is 5.51. The number of nitrogens with zero attached hydrogens (tertiary/aromatic N) is 1. The second-order valence-electron chi connectivity index (χ2n) is 4.45. The molecule has 3 heteroatoms. The third-order valence-corrected chi connectivity index (χ3v) is 3.06. The molecule has 0 saturated carbocycles. The molecule has 1 aromatic heterocycles. The molecule has 0 radical (unpaired) electrons. The predicted molar refractivity (Wildman–Crippen MR) is 76.5 cm³/mol. The van der Waals surface area contributed by atoms with Gasteiger partial charge in [0.25, 0.3) is 0 Å². The summed E-state index contributed by atoms with van der Waals surface area (Å²) in [6.45, 7) is 4.92. The van der Waals surface area contributed by atoms with E-state index in [1.54, 1.807) is 6.20 Å². The van der Waals surface area contributed by atoms with Gasteiger partial charge in [-0.05, 0) is 36.1 Å². The second-order valence-corrected chi connectivity index (χ2v) is 4.45. The summed E-state index contributed by atoms with van der Waals surface area (Å²) in [5, 5.41) is 3.30. The fourth-order valence-electron chi connectivity index (χ4n) is 1.75. The molecule has 2 aromatic rings. The lowest BCUT2D eigenvalue weighted by molar-refractivity contribution is 1.09. The molecule has 0 unspecified atom stereocenters. The molecular formula is C15H19N3. The van der Waals surface area contributed by atoms with Crippen molar-refractivity contribution in [2.24, 2.45) is 0 Å². The van der Waals surface area contributed by atoms with E-state index < -0.39 is 0 Å². The summed E-state index contributed by atoms with van der Waals surface area (Å²) in [7, 11) is 0. The number of pyridine rings is 1. The van der Waals surface area contributed by atoms with E-state index in [9.17, 15) is 0 Å². The maximum Gasteiger partial charge on any atom is 0.126 e. The molecule has 1 aromatic carbocycles. The first-order chi connectivity index (χ1) is 8.69. The number of nitrogens with one attached hydrogen (secondary N) is 1. The van der Waals surface area contributed by atoms with Gasteiger partial charge in [0, 0.05) is 6.54 Å². The Kier molecular flexibility index (Phi) is 3.82. The number of hydrogen-bond acceptors (Lipinski definition) is 3. The number of rotatable bonds is 4. The zero-order valence-corrected chi connectivity index (χ0v) is 10.9. The maximum atomic E-state index is 5.74. The minimum atomic E-state index is 0.729. The van der Waals surface area contributed by atoms with Gasteiger partial charge in [0.1, 0.15) is 5.82 Å². The normalized spacial score (nSPS) is 10.3. The van der Waals surface area contributed by atoms with Crippen molar-refractivity contribution in [2.75, 3.05) is 11.1 Å². The Morgan fingerprint density at radius 1 is 1.17 bits per heavy atom. The minimum Gasteiger partial charge on any atom is -0.397 e. The van der Waals surface area contributed by atoms with Crippen LogP contribution in [-0.2, 0) is 13.0 Å². The van der Waals surface area contributed by atoms with Crippen molar-refractivity contribution < 1.29 is 0 Å². The Labute approximate surface area is 108 Å². The van der Waals surface area contributed by atoms with E-state index in [1.165, 1.54) is 11.1 Å². The molecule has 0 aliphatic rings. The zero-order valence-electron chi connectivity index (χ0n) is 10.9. The van der Waals surface area contributed by atoms with E-state index in [0.29, 0.717) is 0 Å². The lowest BCUT2D eigenvalue weighted by atomic mass is 10.1. The number of nitrogen functional groups attached to an aromatic ring is 1. The molecule has 0 aliphatic heterocycles. The van der Waals surface area contributed by atoms with Gasteiger partial charge in [0.2, 0.25) is 0 Å². The average Bonchev–Trinajstić information content (AvgIpc) is 2.41. The summed E-state index contributed by atoms with van der Waals surface area (Å²) < 4.78 is 0. The topological polar surface area (TPSA) is 50.9 Å². The maximum absolute atomic E-state index is 5.74. The van der Waals surface area contributed by atoms with E-state index in [0.717, 1.165) is 30.0 Å². The third kappa shape index (κ3) is 3.00. The Morgan fingerprint density at radius 2 is 1.83 bits per heavy atom. The summed E-state index contributed by atoms with van der Waals surface area (Å²) in [6.07, 6.45) is 2.77. The highest BCUT2D eigenvalue weighted by Gasteiger charge is 1.98. The molecule has 18 heavy (non-hydrogen) atoms. The molecule has 0 amide bonds. The summed E-state index contributed by atoms with van der Waals surface area (Å²) in [5.41, 5.74) is 10.1. The van der Waals surface area contributed by atoms with Crippen LogP contribution in [0.1, 0.15) is 23.6 Å². The Morgan fingerprint density at radius 3 is 2.44 bits per heavy atom. The lowest BCUT2D eigenvalue weighted by Crippen LogP contribution is -2.02. The fraction of sp³-hybridized carbons (Fsp3) is 0.267. The van der Waals surface area contributed by atoms with Gasteiger partial charge < -0.3 is 11.1 Å². The Bertz CT molecular complexity index is 518. The van der Waals surface area contributed by atoms with Crippen molar-refractivity contribution in [1.82, 2.24) is 4.98 Å². The molecule has 94 valence electrons. The van der Waals surface area contributed by atoms with Crippen molar-refractivity contribution in [3.63, 3.8) is 0 Å². The van der Waals surface area contributed by atoms with Gasteiger partial charge in [0.15, 0.2) is 0 Å². The quantitative estimate of drug-likeness (QED) is 0.864. The number of aromatic nitrogens is 1. The van der Waals surface area contributed by atoms with Crippen molar-refractivity contribution in [3.05, 3.63) is 53.2 Å². The Balaban J connectivity index is 1.99. The van der Waals surface area contributed by atoms with Crippen LogP contribution in [0.15, 0.2) is 36.5 Å². The number of benzene rings is 1. The van der Waals surface area contributed by atoms with Crippen LogP contribution in [0.5, 0.6) is 0 Å². The number of hydrogen-bond donors (Lipinski definition) is 2. The molecule has 3 nitrogen and oxygen atoms in total. The lowest BCUT2D eigenvalue weighted by Gasteiger charge is -2.08. The fourth-order valence-corrected chi connectivity index (χ4v) is 1.75. The van der Waals surface area contributed by atoms with Crippen LogP contribution in [-0.4, -0.2) is 4.98 Å². The smallest absolute Gasteiger partial charge is 0.126 e. The molecular weight excluding hydrogens is 222 g/mol. The predicted octanol–water partition coefficient (Wildman–Crippen LogP) is 3.15. The minimum absolute atomic E-state index is 0.729. The summed E-state index contributed by atoms with van der Waals surface area (Å²) in [6, 6.07) is 10.6. The summed E-state index contributed by atoms with van der Waals surface area (Å²) in [4.78, 5) is 4.25. The summed E-state index contributed by atoms with van der Waals surface area (Å²) in [5.74, 6) is 0.862. The molecule has 0 bridgehead atoms. The standard InChI is InChI=1S/C15H19N3/c1-3-12-4-6-13(7-5-12)9-17-15-8-11(2)14(16)10-18-15/h4-8,10H,3,9,16H2,1-2H3,(H,17,18). The zero-order chi connectivity index (χ0) is 13.0. The monoisotopic (exact) mass is 241 g/mol. The van der Waals surface area contributed by atoms with Crippen LogP contribution in [0.25, 0.3) is 0 Å². The number of anilines is 2. The molecule has 0 fully saturated rings. The first-order valence-electron chi connectivity index (χ1n) is 6.23. The van der Waals surface area contributed by atoms with Gasteiger partial charge in [-0.15, -0.1) is 0 Å². The van der Waals surface area contributed by atoms with E-state index in [1.807, 2.05) is 13.0 Å². The SMILES string of the molecule is CCc1ccc(CNc2cc(C)c(N)cn2)cc1. The molecule has 1 heterocycles. The van der Waals surface area contributed by atoms with E-state index in [2.05, 4.69) is 41.5 Å². The van der Waals surface area contributed by atoms with Gasteiger partial charge in [-0.1, -0.05) is 31.2 Å². The van der Waals surface area contributed by atoms with E-state index >= 15 is 0 Å². The van der Waals surface area contributed by atoms with Crippen molar-refractivity contribution >= 4 is 11.5 Å². The Hall–Kier alpha value is -2.03. The van der Waals surface area contributed by atoms with Gasteiger partial charge in [-0.3, -0.25) is 0 Å². The van der Waals surface area contributed by atoms with Crippen LogP contribution in [0, 0.1) is 6.92 Å². The number of aryl methyl sites for hydroxylation is 2. The summed E-state index contributed by atoms with van der Waals surface area (Å²) >= 11 is 0. The average molecular weight is 241 g/mol. The molecule has 3 N–H and O–H groups in total. The third-order valence-electron chi connectivity index (χ3n) is 3.06. The number of nitrogens with two attached hydrogens (primary N) is 1. The highest BCUT2D eigenvalue weighted by atomic mass is 15.0. The van der Waals surface area contributed by atoms with Crippen LogP contribution in [0.3, 0.4) is 0 Å².